The van der Waals surface area contributed by atoms with Gasteiger partial charge in [-0.3, -0.25) is 4.79 Å². The highest BCUT2D eigenvalue weighted by atomic mass is 16.7. The number of methoxy groups -OCH3 is 1. The summed E-state index contributed by atoms with van der Waals surface area (Å²) in [4.78, 5) is 27.2. The standard InChI is InChI=1S/C22H24N2O5/c1-4-24-19-9-6-5-8-17(19)18-14-16(12-13-20(18)24)28-21(23-29-15(2)25)10-7-11-22(26)27-3/h5-6,8-9,12-14H,4,7,10-11H2,1-3H3. The topological polar surface area (TPSA) is 79.1 Å². The molecule has 7 nitrogen and oxygen atoms in total. The smallest absolute Gasteiger partial charge is 0.332 e. The molecule has 3 aromatic rings. The Labute approximate surface area is 168 Å². The monoisotopic (exact) mass is 396 g/mol. The fourth-order valence-corrected chi connectivity index (χ4v) is 3.29. The van der Waals surface area contributed by atoms with E-state index in [2.05, 4.69) is 33.5 Å². The van der Waals surface area contributed by atoms with Crippen LogP contribution in [0.5, 0.6) is 5.75 Å². The third kappa shape index (κ3) is 4.74. The van der Waals surface area contributed by atoms with Gasteiger partial charge in [-0.15, -0.1) is 0 Å². The Morgan fingerprint density at radius 2 is 1.79 bits per heavy atom. The summed E-state index contributed by atoms with van der Waals surface area (Å²) in [5.41, 5.74) is 2.28. The molecule has 0 saturated heterocycles. The van der Waals surface area contributed by atoms with Gasteiger partial charge in [-0.25, -0.2) is 4.79 Å². The van der Waals surface area contributed by atoms with Gasteiger partial charge in [-0.2, -0.15) is 0 Å². The maximum absolute atomic E-state index is 11.3. The first-order chi connectivity index (χ1) is 14.0. The van der Waals surface area contributed by atoms with Gasteiger partial charge >= 0.3 is 11.9 Å². The van der Waals surface area contributed by atoms with Crippen LogP contribution in [0.25, 0.3) is 21.8 Å². The van der Waals surface area contributed by atoms with E-state index < -0.39 is 5.97 Å². The molecule has 0 N–H and O–H groups in total. The highest BCUT2D eigenvalue weighted by Crippen LogP contribution is 2.31. The molecular formula is C22H24N2O5. The first-order valence-corrected chi connectivity index (χ1v) is 9.53. The zero-order chi connectivity index (χ0) is 20.8. The Balaban J connectivity index is 1.88. The zero-order valence-corrected chi connectivity index (χ0v) is 16.8. The van der Waals surface area contributed by atoms with E-state index in [9.17, 15) is 9.59 Å². The van der Waals surface area contributed by atoms with Crippen molar-refractivity contribution < 1.29 is 23.9 Å². The predicted octanol–water partition coefficient (Wildman–Crippen LogP) is 4.41. The molecule has 7 heteroatoms. The minimum absolute atomic E-state index is 0.224. The van der Waals surface area contributed by atoms with Crippen LogP contribution in [-0.4, -0.2) is 29.5 Å². The molecule has 1 heterocycles. The van der Waals surface area contributed by atoms with Crippen LogP contribution in [0.1, 0.15) is 33.1 Å². The summed E-state index contributed by atoms with van der Waals surface area (Å²) < 4.78 is 12.8. The van der Waals surface area contributed by atoms with Gasteiger partial charge in [0.15, 0.2) is 0 Å². The Kier molecular flexibility index (Phi) is 6.49. The summed E-state index contributed by atoms with van der Waals surface area (Å²) in [6.07, 6.45) is 1.02. The molecule has 0 spiro atoms. The Morgan fingerprint density at radius 3 is 2.52 bits per heavy atom. The molecule has 0 saturated carbocycles. The summed E-state index contributed by atoms with van der Waals surface area (Å²) in [5.74, 6) is -0.0469. The van der Waals surface area contributed by atoms with Crippen molar-refractivity contribution >= 4 is 39.6 Å². The Bertz CT molecular complexity index is 1070. The second-order valence-corrected chi connectivity index (χ2v) is 6.54. The van der Waals surface area contributed by atoms with Crippen molar-refractivity contribution in [3.8, 4) is 5.75 Å². The molecular weight excluding hydrogens is 372 g/mol. The number of rotatable bonds is 7. The lowest BCUT2D eigenvalue weighted by molar-refractivity contribution is -0.142. The average Bonchev–Trinajstić information content (AvgIpc) is 3.04. The molecule has 0 aliphatic carbocycles. The van der Waals surface area contributed by atoms with E-state index in [-0.39, 0.29) is 18.3 Å². The number of aryl methyl sites for hydroxylation is 1. The van der Waals surface area contributed by atoms with Crippen molar-refractivity contribution in [2.45, 2.75) is 39.7 Å². The number of aromatic nitrogens is 1. The van der Waals surface area contributed by atoms with E-state index in [1.54, 1.807) is 0 Å². The molecule has 0 radical (unpaired) electrons. The number of hydrogen-bond acceptors (Lipinski definition) is 6. The molecule has 0 aliphatic rings. The number of esters is 1. The van der Waals surface area contributed by atoms with Crippen LogP contribution in [-0.2, 0) is 25.7 Å². The maximum Gasteiger partial charge on any atom is 0.332 e. The zero-order valence-electron chi connectivity index (χ0n) is 16.8. The Hall–Kier alpha value is -3.35. The highest BCUT2D eigenvalue weighted by molar-refractivity contribution is 6.08. The maximum atomic E-state index is 11.3. The Morgan fingerprint density at radius 1 is 1.03 bits per heavy atom. The second kappa shape index (κ2) is 9.23. The number of fused-ring (bicyclic) bond motifs is 3. The van der Waals surface area contributed by atoms with E-state index in [1.807, 2.05) is 30.3 Å². The van der Waals surface area contributed by atoms with Crippen molar-refractivity contribution in [2.75, 3.05) is 7.11 Å². The van der Waals surface area contributed by atoms with E-state index in [4.69, 9.17) is 9.57 Å². The van der Waals surface area contributed by atoms with Crippen LogP contribution >= 0.6 is 0 Å². The number of para-hydroxylation sites is 1. The average molecular weight is 396 g/mol. The van der Waals surface area contributed by atoms with Crippen molar-refractivity contribution in [1.29, 1.82) is 0 Å². The van der Waals surface area contributed by atoms with Crippen LogP contribution < -0.4 is 4.74 Å². The number of benzene rings is 2. The van der Waals surface area contributed by atoms with Gasteiger partial charge in [0.05, 0.1) is 7.11 Å². The molecule has 0 unspecified atom stereocenters. The van der Waals surface area contributed by atoms with Crippen LogP contribution in [0.15, 0.2) is 47.6 Å². The first kappa shape index (κ1) is 20.4. The number of ether oxygens (including phenoxy) is 2. The molecule has 0 fully saturated rings. The van der Waals surface area contributed by atoms with Crippen LogP contribution in [0.2, 0.25) is 0 Å². The van der Waals surface area contributed by atoms with Gasteiger partial charge in [0.2, 0.25) is 5.90 Å². The third-order valence-corrected chi connectivity index (χ3v) is 4.57. The fourth-order valence-electron chi connectivity index (χ4n) is 3.29. The molecule has 2 aromatic carbocycles. The number of carbonyl (C=O) groups excluding carboxylic acids is 2. The molecule has 152 valence electrons. The lowest BCUT2D eigenvalue weighted by Crippen LogP contribution is -2.12. The van der Waals surface area contributed by atoms with E-state index in [0.29, 0.717) is 18.6 Å². The van der Waals surface area contributed by atoms with Crippen molar-refractivity contribution in [2.24, 2.45) is 5.16 Å². The molecule has 1 aromatic heterocycles. The van der Waals surface area contributed by atoms with Crippen LogP contribution in [0.3, 0.4) is 0 Å². The van der Waals surface area contributed by atoms with Gasteiger partial charge in [-0.05, 0) is 42.8 Å². The lowest BCUT2D eigenvalue weighted by Gasteiger charge is -2.09. The van der Waals surface area contributed by atoms with Crippen molar-refractivity contribution in [3.63, 3.8) is 0 Å². The SMILES string of the molecule is CCn1c2ccccc2c2cc(OC(CCCC(=O)OC)=NOC(C)=O)ccc21. The van der Waals surface area contributed by atoms with E-state index in [1.165, 1.54) is 14.0 Å². The van der Waals surface area contributed by atoms with Gasteiger partial charge in [-0.1, -0.05) is 18.2 Å². The minimum atomic E-state index is -0.541. The largest absolute Gasteiger partial charge is 0.469 e. The van der Waals surface area contributed by atoms with Gasteiger partial charge in [0.25, 0.3) is 0 Å². The summed E-state index contributed by atoms with van der Waals surface area (Å²) in [5, 5.41) is 6.00. The summed E-state index contributed by atoms with van der Waals surface area (Å²) in [7, 11) is 1.34. The molecule has 29 heavy (non-hydrogen) atoms. The summed E-state index contributed by atoms with van der Waals surface area (Å²) in [6.45, 7) is 4.24. The van der Waals surface area contributed by atoms with E-state index in [0.717, 1.165) is 28.4 Å². The predicted molar refractivity (Wildman–Crippen MR) is 111 cm³/mol. The van der Waals surface area contributed by atoms with Gasteiger partial charge in [0, 0.05) is 48.1 Å². The summed E-state index contributed by atoms with van der Waals surface area (Å²) in [6, 6.07) is 14.0. The highest BCUT2D eigenvalue weighted by Gasteiger charge is 2.12. The number of oxime groups is 1. The first-order valence-electron chi connectivity index (χ1n) is 9.53. The molecule has 0 atom stereocenters. The quantitative estimate of drug-likeness (QED) is 0.194. The fraction of sp³-hybridized carbons (Fsp3) is 0.318. The van der Waals surface area contributed by atoms with Gasteiger partial charge < -0.3 is 18.9 Å². The minimum Gasteiger partial charge on any atom is -0.469 e. The number of carbonyl (C=O) groups is 2. The third-order valence-electron chi connectivity index (χ3n) is 4.57. The molecule has 0 amide bonds. The normalized spacial score (nSPS) is 11.6. The van der Waals surface area contributed by atoms with Crippen LogP contribution in [0, 0.1) is 0 Å². The molecule has 0 aliphatic heterocycles. The summed E-state index contributed by atoms with van der Waals surface area (Å²) >= 11 is 0. The molecule has 3 rings (SSSR count). The second-order valence-electron chi connectivity index (χ2n) is 6.54. The van der Waals surface area contributed by atoms with E-state index >= 15 is 0 Å². The number of hydrogen-bond donors (Lipinski definition) is 0. The van der Waals surface area contributed by atoms with Crippen LogP contribution in [0.4, 0.5) is 0 Å². The van der Waals surface area contributed by atoms with Crippen molar-refractivity contribution in [1.82, 2.24) is 4.57 Å². The number of nitrogens with zero attached hydrogens (tertiary/aromatic N) is 2. The molecule has 0 bridgehead atoms. The van der Waals surface area contributed by atoms with Crippen molar-refractivity contribution in [3.05, 3.63) is 42.5 Å². The van der Waals surface area contributed by atoms with Gasteiger partial charge in [0.1, 0.15) is 5.75 Å². The lowest BCUT2D eigenvalue weighted by atomic mass is 10.1.